The van der Waals surface area contributed by atoms with Crippen LogP contribution in [0.4, 0.5) is 4.39 Å². The van der Waals surface area contributed by atoms with Gasteiger partial charge in [0.2, 0.25) is 0 Å². The highest BCUT2D eigenvalue weighted by molar-refractivity contribution is 9.10. The normalized spacial score (nSPS) is 19.8. The van der Waals surface area contributed by atoms with Gasteiger partial charge in [0.15, 0.2) is 0 Å². The second-order valence-corrected chi connectivity index (χ2v) is 8.20. The molecule has 4 nitrogen and oxygen atoms in total. The van der Waals surface area contributed by atoms with Crippen molar-refractivity contribution in [2.45, 2.75) is 59.0 Å². The Morgan fingerprint density at radius 3 is 2.81 bits per heavy atom. The summed E-state index contributed by atoms with van der Waals surface area (Å²) in [7, 11) is 0. The van der Waals surface area contributed by atoms with Gasteiger partial charge < -0.3 is 0 Å². The van der Waals surface area contributed by atoms with Gasteiger partial charge in [0, 0.05) is 19.2 Å². The molecule has 0 bridgehead atoms. The lowest BCUT2D eigenvalue weighted by Gasteiger charge is -2.37. The average Bonchev–Trinajstić information content (AvgIpc) is 2.61. The number of hydrogen-bond donors (Lipinski definition) is 0. The fourth-order valence-corrected chi connectivity index (χ4v) is 4.39. The highest BCUT2D eigenvalue weighted by Crippen LogP contribution is 2.30. The molecular weight excluding hydrogens is 397 g/mol. The number of fused-ring (bicyclic) bond motifs is 1. The zero-order chi connectivity index (χ0) is 18.8. The van der Waals surface area contributed by atoms with E-state index >= 15 is 0 Å². The van der Waals surface area contributed by atoms with Gasteiger partial charge in [-0.1, -0.05) is 20.3 Å². The number of piperidine rings is 1. The highest BCUT2D eigenvalue weighted by Gasteiger charge is 2.28. The second kappa shape index (κ2) is 8.17. The van der Waals surface area contributed by atoms with Crippen LogP contribution in [0.5, 0.6) is 0 Å². The van der Waals surface area contributed by atoms with Crippen molar-refractivity contribution in [2.24, 2.45) is 5.92 Å². The van der Waals surface area contributed by atoms with Gasteiger partial charge in [0.05, 0.1) is 21.4 Å². The van der Waals surface area contributed by atoms with Gasteiger partial charge in [-0.25, -0.2) is 9.37 Å². The molecule has 0 radical (unpaired) electrons. The molecule has 0 saturated carbocycles. The molecule has 6 heteroatoms. The van der Waals surface area contributed by atoms with E-state index in [4.69, 9.17) is 4.98 Å². The van der Waals surface area contributed by atoms with Crippen LogP contribution >= 0.6 is 15.9 Å². The van der Waals surface area contributed by atoms with E-state index in [0.29, 0.717) is 27.8 Å². The Labute approximate surface area is 162 Å². The topological polar surface area (TPSA) is 38.1 Å². The van der Waals surface area contributed by atoms with E-state index in [-0.39, 0.29) is 17.4 Å². The predicted octanol–water partition coefficient (Wildman–Crippen LogP) is 4.89. The van der Waals surface area contributed by atoms with Crippen molar-refractivity contribution in [1.29, 1.82) is 0 Å². The van der Waals surface area contributed by atoms with E-state index in [9.17, 15) is 9.18 Å². The van der Waals surface area contributed by atoms with Crippen LogP contribution in [0.1, 0.15) is 58.3 Å². The van der Waals surface area contributed by atoms with Crippen molar-refractivity contribution >= 4 is 26.8 Å². The largest absolute Gasteiger partial charge is 0.295 e. The van der Waals surface area contributed by atoms with Crippen molar-refractivity contribution in [3.05, 3.63) is 38.6 Å². The SMILES string of the molecule is CCC[C@@H](c1nc2cc(F)c(Br)cc2c(=O)n1CC)N1CCC[C@@H](C)C1. The molecule has 1 saturated heterocycles. The van der Waals surface area contributed by atoms with Gasteiger partial charge >= 0.3 is 0 Å². The number of rotatable bonds is 5. The van der Waals surface area contributed by atoms with Gasteiger partial charge in [0.1, 0.15) is 11.6 Å². The van der Waals surface area contributed by atoms with E-state index in [1.165, 1.54) is 18.9 Å². The molecule has 0 aliphatic carbocycles. The molecule has 0 unspecified atom stereocenters. The molecule has 0 amide bonds. The van der Waals surface area contributed by atoms with E-state index in [2.05, 4.69) is 34.7 Å². The lowest BCUT2D eigenvalue weighted by Crippen LogP contribution is -2.40. The Balaban J connectivity index is 2.16. The Morgan fingerprint density at radius 1 is 1.38 bits per heavy atom. The van der Waals surface area contributed by atoms with Crippen molar-refractivity contribution in [3.63, 3.8) is 0 Å². The van der Waals surface area contributed by atoms with Gasteiger partial charge in [-0.3, -0.25) is 14.3 Å². The number of benzene rings is 1. The number of hydrogen-bond acceptors (Lipinski definition) is 3. The Hall–Kier alpha value is -1.27. The first-order valence-electron chi connectivity index (χ1n) is 9.59. The first-order valence-corrected chi connectivity index (χ1v) is 10.4. The quantitative estimate of drug-likeness (QED) is 0.686. The lowest BCUT2D eigenvalue weighted by atomic mass is 9.97. The van der Waals surface area contributed by atoms with Crippen molar-refractivity contribution in [2.75, 3.05) is 13.1 Å². The summed E-state index contributed by atoms with van der Waals surface area (Å²) in [5.41, 5.74) is 0.362. The minimum atomic E-state index is -0.386. The first-order chi connectivity index (χ1) is 12.5. The molecule has 0 spiro atoms. The molecule has 142 valence electrons. The third-order valence-electron chi connectivity index (χ3n) is 5.33. The fraction of sp³-hybridized carbons (Fsp3) is 0.600. The number of nitrogens with zero attached hydrogens (tertiary/aromatic N) is 3. The van der Waals surface area contributed by atoms with E-state index < -0.39 is 0 Å². The van der Waals surface area contributed by atoms with Crippen LogP contribution < -0.4 is 5.56 Å². The van der Waals surface area contributed by atoms with Gasteiger partial charge in [0.25, 0.3) is 5.56 Å². The monoisotopic (exact) mass is 423 g/mol. The lowest BCUT2D eigenvalue weighted by molar-refractivity contribution is 0.115. The third kappa shape index (κ3) is 3.72. The molecule has 1 aliphatic heterocycles. The van der Waals surface area contributed by atoms with Gasteiger partial charge in [-0.2, -0.15) is 0 Å². The Bertz CT molecular complexity index is 851. The summed E-state index contributed by atoms with van der Waals surface area (Å²) >= 11 is 3.18. The minimum Gasteiger partial charge on any atom is -0.295 e. The van der Waals surface area contributed by atoms with Gasteiger partial charge in [-0.15, -0.1) is 0 Å². The molecule has 3 rings (SSSR count). The van der Waals surface area contributed by atoms with E-state index in [1.54, 1.807) is 10.6 Å². The Morgan fingerprint density at radius 2 is 2.15 bits per heavy atom. The van der Waals surface area contributed by atoms with Crippen LogP contribution in [-0.4, -0.2) is 27.5 Å². The van der Waals surface area contributed by atoms with Crippen LogP contribution in [0, 0.1) is 11.7 Å². The zero-order valence-corrected chi connectivity index (χ0v) is 17.4. The fourth-order valence-electron chi connectivity index (χ4n) is 4.05. The smallest absolute Gasteiger partial charge is 0.261 e. The standard InChI is InChI=1S/C20H27BrFN3O/c1-4-7-18(24-9-6-8-13(3)12-24)19-23-17-11-16(22)15(21)10-14(17)20(26)25(19)5-2/h10-11,13,18H,4-9,12H2,1-3H3/t13-,18+/m1/s1. The minimum absolute atomic E-state index is 0.0839. The summed E-state index contributed by atoms with van der Waals surface area (Å²) < 4.78 is 16.1. The van der Waals surface area contributed by atoms with E-state index in [1.807, 2.05) is 6.92 Å². The second-order valence-electron chi connectivity index (χ2n) is 7.35. The van der Waals surface area contributed by atoms with Crippen LogP contribution in [0.15, 0.2) is 21.4 Å². The average molecular weight is 424 g/mol. The summed E-state index contributed by atoms with van der Waals surface area (Å²) in [5, 5.41) is 0.464. The summed E-state index contributed by atoms with van der Waals surface area (Å²) in [4.78, 5) is 20.3. The van der Waals surface area contributed by atoms with Crippen LogP contribution in [-0.2, 0) is 6.54 Å². The van der Waals surface area contributed by atoms with Gasteiger partial charge in [-0.05, 0) is 60.6 Å². The summed E-state index contributed by atoms with van der Waals surface area (Å²) in [6.45, 7) is 9.03. The third-order valence-corrected chi connectivity index (χ3v) is 5.94. The number of likely N-dealkylation sites (tertiary alicyclic amines) is 1. The first kappa shape index (κ1) is 19.5. The Kier molecular flexibility index (Phi) is 6.13. The molecule has 1 aromatic heterocycles. The summed E-state index contributed by atoms with van der Waals surface area (Å²) in [6, 6.07) is 3.02. The summed E-state index contributed by atoms with van der Waals surface area (Å²) in [6.07, 6.45) is 4.39. The molecule has 1 aliphatic rings. The van der Waals surface area contributed by atoms with Crippen LogP contribution in [0.25, 0.3) is 10.9 Å². The molecule has 0 N–H and O–H groups in total. The molecule has 2 aromatic rings. The molecule has 2 heterocycles. The zero-order valence-electron chi connectivity index (χ0n) is 15.8. The number of aromatic nitrogens is 2. The maximum atomic E-state index is 14.0. The van der Waals surface area contributed by atoms with Crippen molar-refractivity contribution < 1.29 is 4.39 Å². The highest BCUT2D eigenvalue weighted by atomic mass is 79.9. The molecular formula is C20H27BrFN3O. The predicted molar refractivity (Wildman–Crippen MR) is 107 cm³/mol. The van der Waals surface area contributed by atoms with Crippen molar-refractivity contribution in [3.8, 4) is 0 Å². The van der Waals surface area contributed by atoms with Crippen molar-refractivity contribution in [1.82, 2.24) is 14.5 Å². The van der Waals surface area contributed by atoms with Crippen LogP contribution in [0.3, 0.4) is 0 Å². The molecule has 1 aromatic carbocycles. The molecule has 26 heavy (non-hydrogen) atoms. The van der Waals surface area contributed by atoms with E-state index in [0.717, 1.165) is 31.8 Å². The number of halogens is 2. The maximum Gasteiger partial charge on any atom is 0.261 e. The molecule has 1 fully saturated rings. The van der Waals surface area contributed by atoms with Crippen LogP contribution in [0.2, 0.25) is 0 Å². The maximum absolute atomic E-state index is 14.0. The molecule has 2 atom stereocenters. The summed E-state index contributed by atoms with van der Waals surface area (Å²) in [5.74, 6) is 1.05.